The SMILES string of the molecule is CCC1=C(C)c2nc1cc1[nH]c(c(C)c1CC)c1c3nc(cc4[nH]c(c(C)c4CC)c2-c2cccc4c2-c2ccc(cc2-4)CCCCc2c(Br)c(OC)c(c(Br)c2OC)CCCCc2ccc4c(c2)-c2c-4cccc2-1)C(CC)=C3C. The molecule has 13 aliphatic rings. The Kier molecular flexibility index (Phi) is 13.6. The van der Waals surface area contributed by atoms with Crippen LogP contribution in [0.15, 0.2) is 93.9 Å². The quantitative estimate of drug-likeness (QED) is 0.174. The lowest BCUT2D eigenvalue weighted by atomic mass is 9.75. The summed E-state index contributed by atoms with van der Waals surface area (Å²) in [7, 11) is 3.59. The average Bonchev–Trinajstić information content (AvgIpc) is 4.26. The van der Waals surface area contributed by atoms with E-state index in [1.54, 1.807) is 14.2 Å². The molecule has 2 N–H and O–H groups in total. The van der Waals surface area contributed by atoms with Gasteiger partial charge in [-0.05, 0) is 260 Å². The number of nitrogens with one attached hydrogen (secondary N) is 2. The molecule has 0 radical (unpaired) electrons. The maximum absolute atomic E-state index is 6.21. The lowest BCUT2D eigenvalue weighted by molar-refractivity contribution is 0.388. The third-order valence-electron chi connectivity index (χ3n) is 18.6. The predicted molar refractivity (Wildman–Crippen MR) is 343 cm³/mol. The van der Waals surface area contributed by atoms with Crippen molar-refractivity contribution in [3.63, 3.8) is 0 Å². The van der Waals surface area contributed by atoms with E-state index in [4.69, 9.17) is 19.4 Å². The molecule has 6 nitrogen and oxygen atoms in total. The first-order valence-corrected chi connectivity index (χ1v) is 30.9. The van der Waals surface area contributed by atoms with Crippen LogP contribution in [-0.4, -0.2) is 34.2 Å². The van der Waals surface area contributed by atoms with Crippen LogP contribution in [0.3, 0.4) is 0 Å². The highest BCUT2D eigenvalue weighted by Crippen LogP contribution is 2.57. The first-order chi connectivity index (χ1) is 38.9. The van der Waals surface area contributed by atoms with Crippen molar-refractivity contribution in [3.05, 3.63) is 161 Å². The number of hydrogen-bond donors (Lipinski definition) is 2. The Bertz CT molecular complexity index is 4220. The number of aromatic amines is 2. The van der Waals surface area contributed by atoms with Crippen LogP contribution >= 0.6 is 31.9 Å². The van der Waals surface area contributed by atoms with E-state index in [1.165, 1.54) is 111 Å². The fourth-order valence-electron chi connectivity index (χ4n) is 14.5. The zero-order valence-corrected chi connectivity index (χ0v) is 51.2. The molecule has 21 rings (SSSR count). The Morgan fingerprint density at radius 2 is 0.875 bits per heavy atom. The summed E-state index contributed by atoms with van der Waals surface area (Å²) < 4.78 is 14.4. The van der Waals surface area contributed by atoms with E-state index in [-0.39, 0.29) is 0 Å². The fraction of sp³-hybridized carbons (Fsp3) is 0.306. The molecule has 5 aromatic carbocycles. The minimum Gasteiger partial charge on any atom is -0.495 e. The standard InChI is InChI=1S/C72H70Br2N4O2/c1-11-43-37(5)67-63-51-27-20-26-49-55-33-41(30-32-50(55)61(49)51)21-15-17-23-53-65(73)72(80-10)54(66(74)71(53)79-9)24-18-16-22-42-29-31-47-48-25-19-28-52(62(48)56(47)34-42)64(69-39(7)45(13-3)59(77-69)35-57(43)75-67)70-40(8)46(14-4)60(78-70)36-58-44(12-2)38(6)68(63)76-58/h19-20,25-36,75,78H,11-18,21-24H2,1-10H3. The van der Waals surface area contributed by atoms with Gasteiger partial charge >= 0.3 is 0 Å². The molecule has 0 fully saturated rings. The van der Waals surface area contributed by atoms with Gasteiger partial charge in [0.2, 0.25) is 0 Å². The molecule has 14 heterocycles. The summed E-state index contributed by atoms with van der Waals surface area (Å²) in [6, 6.07) is 32.9. The molecule has 80 heavy (non-hydrogen) atoms. The van der Waals surface area contributed by atoms with Crippen molar-refractivity contribution >= 4 is 76.2 Å². The lowest BCUT2D eigenvalue weighted by Gasteiger charge is -2.28. The van der Waals surface area contributed by atoms with E-state index in [0.717, 1.165) is 165 Å². The number of fused-ring (bicyclic) bond motifs is 1. The van der Waals surface area contributed by atoms with Gasteiger partial charge in [0.25, 0.3) is 0 Å². The highest BCUT2D eigenvalue weighted by atomic mass is 79.9. The number of nitrogens with zero attached hydrogens (tertiary/aromatic N) is 2. The highest BCUT2D eigenvalue weighted by Gasteiger charge is 2.33. The summed E-state index contributed by atoms with van der Waals surface area (Å²) >= 11 is 8.06. The van der Waals surface area contributed by atoms with E-state index in [9.17, 15) is 0 Å². The minimum atomic E-state index is 0.863. The summed E-state index contributed by atoms with van der Waals surface area (Å²) in [4.78, 5) is 20.0. The normalized spacial score (nSPS) is 14.4. The van der Waals surface area contributed by atoms with Gasteiger partial charge in [-0.25, -0.2) is 9.97 Å². The van der Waals surface area contributed by atoms with Gasteiger partial charge in [-0.1, -0.05) is 100 Å². The zero-order chi connectivity index (χ0) is 55.4. The molecule has 0 saturated carbocycles. The Hall–Kier alpha value is -6.74. The third-order valence-corrected chi connectivity index (χ3v) is 20.3. The van der Waals surface area contributed by atoms with Gasteiger partial charge in [0.15, 0.2) is 0 Å². The number of H-pyrrole nitrogens is 2. The second-order valence-electron chi connectivity index (χ2n) is 22.7. The van der Waals surface area contributed by atoms with E-state index >= 15 is 0 Å². The summed E-state index contributed by atoms with van der Waals surface area (Å²) in [6.45, 7) is 18.4. The highest BCUT2D eigenvalue weighted by molar-refractivity contribution is 9.11. The fourth-order valence-corrected chi connectivity index (χ4v) is 16.1. The topological polar surface area (TPSA) is 75.8 Å². The number of aromatic nitrogens is 4. The summed E-state index contributed by atoms with van der Waals surface area (Å²) in [5.74, 6) is 1.80. The number of benzene rings is 5. The monoisotopic (exact) mass is 1180 g/mol. The van der Waals surface area contributed by atoms with E-state index in [0.29, 0.717) is 0 Å². The van der Waals surface area contributed by atoms with Gasteiger partial charge in [-0.2, -0.15) is 0 Å². The maximum Gasteiger partial charge on any atom is 0.137 e. The largest absolute Gasteiger partial charge is 0.495 e. The van der Waals surface area contributed by atoms with Crippen molar-refractivity contribution in [2.24, 2.45) is 0 Å². The molecule has 8 heteroatoms. The number of hydrogen-bond acceptors (Lipinski definition) is 4. The van der Waals surface area contributed by atoms with Crippen molar-refractivity contribution in [1.29, 1.82) is 0 Å². The van der Waals surface area contributed by atoms with Crippen molar-refractivity contribution in [1.82, 2.24) is 19.9 Å². The van der Waals surface area contributed by atoms with Crippen LogP contribution in [0.25, 0.3) is 111 Å². The number of rotatable bonds is 6. The molecule has 0 saturated heterocycles. The summed E-state index contributed by atoms with van der Waals surface area (Å²) in [5, 5.41) is 0. The lowest BCUT2D eigenvalue weighted by Crippen LogP contribution is -2.05. The zero-order valence-electron chi connectivity index (χ0n) is 48.0. The number of allylic oxidation sites excluding steroid dienone is 4. The first-order valence-electron chi connectivity index (χ1n) is 29.3. The van der Waals surface area contributed by atoms with Crippen LogP contribution in [0.1, 0.15) is 147 Å². The molecular formula is C72H70Br2N4O2. The van der Waals surface area contributed by atoms with Gasteiger partial charge < -0.3 is 19.4 Å². The molecule has 20 bridgehead atoms. The second-order valence-corrected chi connectivity index (χ2v) is 24.3. The van der Waals surface area contributed by atoms with Crippen molar-refractivity contribution in [3.8, 4) is 78.3 Å². The summed E-state index contributed by atoms with van der Waals surface area (Å²) in [5.41, 5.74) is 39.1. The smallest absolute Gasteiger partial charge is 0.137 e. The van der Waals surface area contributed by atoms with Crippen molar-refractivity contribution < 1.29 is 9.47 Å². The Morgan fingerprint density at radius 1 is 0.450 bits per heavy atom. The minimum absolute atomic E-state index is 0.863. The van der Waals surface area contributed by atoms with Crippen LogP contribution in [0.2, 0.25) is 0 Å². The summed E-state index contributed by atoms with van der Waals surface area (Å²) in [6.07, 6.45) is 11.3. The molecule has 3 aromatic heterocycles. The van der Waals surface area contributed by atoms with Crippen LogP contribution in [0.5, 0.6) is 11.5 Å². The van der Waals surface area contributed by atoms with E-state index < -0.39 is 0 Å². The van der Waals surface area contributed by atoms with Crippen LogP contribution in [0, 0.1) is 13.8 Å². The molecule has 2 aliphatic carbocycles. The van der Waals surface area contributed by atoms with Gasteiger partial charge in [0.05, 0.1) is 57.0 Å². The molecule has 0 atom stereocenters. The van der Waals surface area contributed by atoms with Crippen molar-refractivity contribution in [2.45, 2.75) is 132 Å². The molecule has 8 aromatic rings. The number of halogens is 2. The van der Waals surface area contributed by atoms with E-state index in [2.05, 4.69) is 182 Å². The van der Waals surface area contributed by atoms with Crippen LogP contribution in [-0.2, 0) is 38.5 Å². The van der Waals surface area contributed by atoms with Gasteiger partial charge in [0.1, 0.15) is 11.5 Å². The Labute approximate surface area is 488 Å². The van der Waals surface area contributed by atoms with Gasteiger partial charge in [0, 0.05) is 33.3 Å². The average molecular weight is 1180 g/mol. The molecule has 404 valence electrons. The van der Waals surface area contributed by atoms with Crippen molar-refractivity contribution in [2.75, 3.05) is 14.2 Å². The second kappa shape index (κ2) is 20.7. The molecule has 0 unspecified atom stereocenters. The predicted octanol–water partition coefficient (Wildman–Crippen LogP) is 20.4. The Morgan fingerprint density at radius 3 is 1.34 bits per heavy atom. The number of aryl methyl sites for hydroxylation is 6. The molecule has 11 aliphatic heterocycles. The number of ether oxygens (including phenoxy) is 2. The Balaban J connectivity index is 1.10. The van der Waals surface area contributed by atoms with E-state index in [1.807, 2.05) is 0 Å². The van der Waals surface area contributed by atoms with Gasteiger partial charge in [-0.3, -0.25) is 0 Å². The maximum atomic E-state index is 6.21. The molecular weight excluding hydrogens is 1110 g/mol. The number of methoxy groups -OCH3 is 2. The van der Waals surface area contributed by atoms with Crippen LogP contribution < -0.4 is 9.47 Å². The third kappa shape index (κ3) is 8.03. The first kappa shape index (κ1) is 52.6. The molecule has 0 spiro atoms. The molecule has 0 amide bonds. The van der Waals surface area contributed by atoms with Crippen LogP contribution in [0.4, 0.5) is 0 Å². The van der Waals surface area contributed by atoms with Gasteiger partial charge in [-0.15, -0.1) is 0 Å².